The Balaban J connectivity index is 1.63. The summed E-state index contributed by atoms with van der Waals surface area (Å²) in [6.45, 7) is 0. The van der Waals surface area contributed by atoms with Gasteiger partial charge < -0.3 is 15.5 Å². The number of hydrogen-bond acceptors (Lipinski definition) is 2. The van der Waals surface area contributed by atoms with Crippen LogP contribution in [0, 0.1) is 0 Å². The van der Waals surface area contributed by atoms with Crippen LogP contribution in [-0.4, -0.2) is 20.1 Å². The van der Waals surface area contributed by atoms with Crippen LogP contribution >= 0.6 is 0 Å². The lowest BCUT2D eigenvalue weighted by atomic mass is 10.1. The Labute approximate surface area is 131 Å². The minimum atomic E-state index is -0.186. The third-order valence-electron chi connectivity index (χ3n) is 4.07. The first-order valence-corrected chi connectivity index (χ1v) is 7.51. The normalized spacial score (nSPS) is 15.0. The first-order valence-electron chi connectivity index (χ1n) is 7.51. The quantitative estimate of drug-likeness (QED) is 0.905. The number of urea groups is 1. The maximum absolute atomic E-state index is 12.2. The Kier molecular flexibility index (Phi) is 3.75. The number of anilines is 2. The van der Waals surface area contributed by atoms with Crippen LogP contribution in [0.4, 0.5) is 16.2 Å². The highest BCUT2D eigenvalue weighted by atomic mass is 16.2. The summed E-state index contributed by atoms with van der Waals surface area (Å²) in [4.78, 5) is 14.3. The SMILES string of the molecule is CN(C)c1ccc(NC(=O)NC2(c3ccccc3)CC2)cc1. The van der Waals surface area contributed by atoms with E-state index < -0.39 is 0 Å². The van der Waals surface area contributed by atoms with E-state index in [1.165, 1.54) is 5.56 Å². The van der Waals surface area contributed by atoms with Gasteiger partial charge in [0.1, 0.15) is 0 Å². The molecule has 2 N–H and O–H groups in total. The number of nitrogens with one attached hydrogen (secondary N) is 2. The molecule has 0 aliphatic heterocycles. The van der Waals surface area contributed by atoms with Crippen molar-refractivity contribution in [1.82, 2.24) is 5.32 Å². The van der Waals surface area contributed by atoms with Crippen LogP contribution in [-0.2, 0) is 5.54 Å². The first kappa shape index (κ1) is 14.4. The summed E-state index contributed by atoms with van der Waals surface area (Å²) < 4.78 is 0. The van der Waals surface area contributed by atoms with Gasteiger partial charge in [-0.25, -0.2) is 4.79 Å². The van der Waals surface area contributed by atoms with Crippen LogP contribution < -0.4 is 15.5 Å². The highest BCUT2D eigenvalue weighted by Crippen LogP contribution is 2.45. The molecule has 0 spiro atoms. The van der Waals surface area contributed by atoms with Gasteiger partial charge in [0.25, 0.3) is 0 Å². The smallest absolute Gasteiger partial charge is 0.319 e. The van der Waals surface area contributed by atoms with Crippen LogP contribution in [0.1, 0.15) is 18.4 Å². The second-order valence-electron chi connectivity index (χ2n) is 5.97. The Bertz CT molecular complexity index is 646. The molecule has 1 aliphatic rings. The zero-order valence-electron chi connectivity index (χ0n) is 13.0. The molecule has 0 atom stereocenters. The summed E-state index contributed by atoms with van der Waals surface area (Å²) in [6.07, 6.45) is 1.98. The molecule has 1 aliphatic carbocycles. The monoisotopic (exact) mass is 295 g/mol. The predicted molar refractivity (Wildman–Crippen MR) is 90.3 cm³/mol. The molecular weight excluding hydrogens is 274 g/mol. The zero-order valence-corrected chi connectivity index (χ0v) is 13.0. The van der Waals surface area contributed by atoms with Crippen LogP contribution in [0.5, 0.6) is 0 Å². The summed E-state index contributed by atoms with van der Waals surface area (Å²) in [7, 11) is 3.98. The van der Waals surface area contributed by atoms with Crippen molar-refractivity contribution < 1.29 is 4.79 Å². The highest BCUT2D eigenvalue weighted by Gasteiger charge is 2.45. The van der Waals surface area contributed by atoms with Crippen molar-refractivity contribution in [3.63, 3.8) is 0 Å². The molecule has 0 saturated heterocycles. The number of hydrogen-bond donors (Lipinski definition) is 2. The van der Waals surface area contributed by atoms with Gasteiger partial charge in [-0.2, -0.15) is 0 Å². The lowest BCUT2D eigenvalue weighted by Gasteiger charge is -2.19. The molecule has 4 nitrogen and oxygen atoms in total. The number of rotatable bonds is 4. The van der Waals surface area contributed by atoms with Gasteiger partial charge in [-0.1, -0.05) is 30.3 Å². The number of nitrogens with zero attached hydrogens (tertiary/aromatic N) is 1. The molecule has 0 unspecified atom stereocenters. The molecule has 4 heteroatoms. The molecule has 114 valence electrons. The fourth-order valence-corrected chi connectivity index (χ4v) is 2.59. The van der Waals surface area contributed by atoms with Crippen molar-refractivity contribution in [2.75, 3.05) is 24.3 Å². The molecule has 1 fully saturated rings. The van der Waals surface area contributed by atoms with Gasteiger partial charge >= 0.3 is 6.03 Å². The minimum Gasteiger partial charge on any atom is -0.378 e. The number of benzene rings is 2. The van der Waals surface area contributed by atoms with E-state index in [1.807, 2.05) is 61.5 Å². The van der Waals surface area contributed by atoms with E-state index in [9.17, 15) is 4.79 Å². The molecule has 1 saturated carbocycles. The van der Waals surface area contributed by atoms with Crippen molar-refractivity contribution >= 4 is 17.4 Å². The molecule has 2 aromatic carbocycles. The summed E-state index contributed by atoms with van der Waals surface area (Å²) in [6, 6.07) is 17.8. The highest BCUT2D eigenvalue weighted by molar-refractivity contribution is 5.90. The average molecular weight is 295 g/mol. The fraction of sp³-hybridized carbons (Fsp3) is 0.278. The van der Waals surface area contributed by atoms with Gasteiger partial charge in [-0.3, -0.25) is 0 Å². The molecule has 2 amide bonds. The van der Waals surface area contributed by atoms with Crippen LogP contribution in [0.3, 0.4) is 0 Å². The van der Waals surface area contributed by atoms with Gasteiger partial charge in [0.2, 0.25) is 0 Å². The van der Waals surface area contributed by atoms with Gasteiger partial charge in [-0.05, 0) is 42.7 Å². The van der Waals surface area contributed by atoms with E-state index in [4.69, 9.17) is 0 Å². The average Bonchev–Trinajstić information content (AvgIpc) is 3.29. The van der Waals surface area contributed by atoms with E-state index in [2.05, 4.69) is 22.8 Å². The van der Waals surface area contributed by atoms with Gasteiger partial charge in [0.05, 0.1) is 5.54 Å². The van der Waals surface area contributed by atoms with Crippen LogP contribution in [0.25, 0.3) is 0 Å². The summed E-state index contributed by atoms with van der Waals surface area (Å²) >= 11 is 0. The largest absolute Gasteiger partial charge is 0.378 e. The Morgan fingerprint density at radius 2 is 1.64 bits per heavy atom. The molecule has 0 heterocycles. The Morgan fingerprint density at radius 3 is 2.18 bits per heavy atom. The Morgan fingerprint density at radius 1 is 1.00 bits per heavy atom. The van der Waals surface area contributed by atoms with Crippen LogP contribution in [0.15, 0.2) is 54.6 Å². The van der Waals surface area contributed by atoms with Crippen molar-refractivity contribution in [2.24, 2.45) is 0 Å². The van der Waals surface area contributed by atoms with E-state index >= 15 is 0 Å². The number of carbonyl (C=O) groups excluding carboxylic acids is 1. The second kappa shape index (κ2) is 5.72. The summed E-state index contributed by atoms with van der Waals surface area (Å²) in [5.74, 6) is 0. The molecular formula is C18H21N3O. The minimum absolute atomic E-state index is 0.154. The molecule has 22 heavy (non-hydrogen) atoms. The molecule has 0 aromatic heterocycles. The topological polar surface area (TPSA) is 44.4 Å². The standard InChI is InChI=1S/C18H21N3O/c1-21(2)16-10-8-15(9-11-16)19-17(22)20-18(12-13-18)14-6-4-3-5-7-14/h3-11H,12-13H2,1-2H3,(H2,19,20,22). The summed E-state index contributed by atoms with van der Waals surface area (Å²) in [5.41, 5.74) is 2.89. The maximum Gasteiger partial charge on any atom is 0.319 e. The van der Waals surface area contributed by atoms with Crippen molar-refractivity contribution in [3.05, 3.63) is 60.2 Å². The van der Waals surface area contributed by atoms with Gasteiger partial charge in [0, 0.05) is 25.5 Å². The predicted octanol–water partition coefficient (Wildman–Crippen LogP) is 3.56. The first-order chi connectivity index (χ1) is 10.6. The third-order valence-corrected chi connectivity index (χ3v) is 4.07. The lowest BCUT2D eigenvalue weighted by Crippen LogP contribution is -2.38. The number of amides is 2. The van der Waals surface area contributed by atoms with E-state index in [-0.39, 0.29) is 11.6 Å². The zero-order chi connectivity index (χ0) is 15.6. The molecule has 0 radical (unpaired) electrons. The molecule has 3 rings (SSSR count). The second-order valence-corrected chi connectivity index (χ2v) is 5.97. The fourth-order valence-electron chi connectivity index (χ4n) is 2.59. The van der Waals surface area contributed by atoms with Crippen molar-refractivity contribution in [3.8, 4) is 0 Å². The molecule has 2 aromatic rings. The lowest BCUT2D eigenvalue weighted by molar-refractivity contribution is 0.247. The van der Waals surface area contributed by atoms with Crippen molar-refractivity contribution in [1.29, 1.82) is 0 Å². The van der Waals surface area contributed by atoms with E-state index in [0.717, 1.165) is 24.2 Å². The Hall–Kier alpha value is -2.49. The van der Waals surface area contributed by atoms with Crippen molar-refractivity contribution in [2.45, 2.75) is 18.4 Å². The molecule has 0 bridgehead atoms. The van der Waals surface area contributed by atoms with Gasteiger partial charge in [0.15, 0.2) is 0 Å². The van der Waals surface area contributed by atoms with E-state index in [1.54, 1.807) is 0 Å². The van der Waals surface area contributed by atoms with Gasteiger partial charge in [-0.15, -0.1) is 0 Å². The van der Waals surface area contributed by atoms with E-state index in [0.29, 0.717) is 0 Å². The number of carbonyl (C=O) groups is 1. The third kappa shape index (κ3) is 3.06. The maximum atomic E-state index is 12.2. The summed E-state index contributed by atoms with van der Waals surface area (Å²) in [5, 5.41) is 6.01. The van der Waals surface area contributed by atoms with Crippen LogP contribution in [0.2, 0.25) is 0 Å².